The van der Waals surface area contributed by atoms with Crippen molar-refractivity contribution in [3.63, 3.8) is 0 Å². The van der Waals surface area contributed by atoms with Crippen molar-refractivity contribution in [2.45, 2.75) is 51.2 Å². The van der Waals surface area contributed by atoms with E-state index in [9.17, 15) is 4.79 Å². The molecule has 2 aromatic rings. The van der Waals surface area contributed by atoms with Crippen molar-refractivity contribution >= 4 is 6.09 Å². The molecule has 1 amide bonds. The van der Waals surface area contributed by atoms with Crippen LogP contribution in [0.1, 0.15) is 43.2 Å². The van der Waals surface area contributed by atoms with Crippen LogP contribution in [-0.4, -0.2) is 18.7 Å². The molecule has 0 aliphatic rings. The Labute approximate surface area is 156 Å². The number of ether oxygens (including phenoxy) is 1. The van der Waals surface area contributed by atoms with Crippen LogP contribution in [0.3, 0.4) is 0 Å². The van der Waals surface area contributed by atoms with Gasteiger partial charge in [-0.15, -0.1) is 0 Å². The molecule has 26 heavy (non-hydrogen) atoms. The minimum atomic E-state index is -0.350. The first-order valence-electron chi connectivity index (χ1n) is 9.49. The summed E-state index contributed by atoms with van der Waals surface area (Å²) in [6, 6.07) is 20.1. The molecule has 0 saturated carbocycles. The van der Waals surface area contributed by atoms with Gasteiger partial charge in [0.05, 0.1) is 0 Å². The zero-order valence-corrected chi connectivity index (χ0v) is 15.4. The van der Waals surface area contributed by atoms with Gasteiger partial charge in [-0.1, -0.05) is 79.9 Å². The predicted octanol–water partition coefficient (Wildman–Crippen LogP) is 4.43. The zero-order chi connectivity index (χ0) is 18.5. The molecule has 0 aliphatic heterocycles. The van der Waals surface area contributed by atoms with E-state index in [4.69, 9.17) is 10.5 Å². The molecule has 4 heteroatoms. The lowest BCUT2D eigenvalue weighted by molar-refractivity contribution is 0.135. The number of rotatable bonds is 11. The Kier molecular flexibility index (Phi) is 9.30. The Morgan fingerprint density at radius 3 is 2.15 bits per heavy atom. The highest BCUT2D eigenvalue weighted by molar-refractivity contribution is 5.67. The third kappa shape index (κ3) is 8.17. The monoisotopic (exact) mass is 354 g/mol. The topological polar surface area (TPSA) is 64.3 Å². The number of benzene rings is 2. The van der Waals surface area contributed by atoms with Crippen LogP contribution in [0.15, 0.2) is 60.7 Å². The van der Waals surface area contributed by atoms with Gasteiger partial charge in [0.25, 0.3) is 0 Å². The first-order valence-corrected chi connectivity index (χ1v) is 9.49. The Bertz CT molecular complexity index is 617. The third-order valence-electron chi connectivity index (χ3n) is 4.37. The van der Waals surface area contributed by atoms with E-state index in [1.165, 1.54) is 5.56 Å². The molecule has 140 valence electrons. The lowest BCUT2D eigenvalue weighted by Crippen LogP contribution is -2.36. The summed E-state index contributed by atoms with van der Waals surface area (Å²) in [6.07, 6.45) is 5.84. The molecule has 0 bridgehead atoms. The summed E-state index contributed by atoms with van der Waals surface area (Å²) in [6.45, 7) is 1.04. The molecule has 0 saturated heterocycles. The Balaban J connectivity index is 1.82. The minimum Gasteiger partial charge on any atom is -0.445 e. The van der Waals surface area contributed by atoms with Gasteiger partial charge >= 0.3 is 6.09 Å². The fourth-order valence-corrected chi connectivity index (χ4v) is 2.94. The molecule has 2 aromatic carbocycles. The van der Waals surface area contributed by atoms with Crippen molar-refractivity contribution in [1.29, 1.82) is 0 Å². The van der Waals surface area contributed by atoms with Crippen LogP contribution in [-0.2, 0) is 17.8 Å². The van der Waals surface area contributed by atoms with Crippen molar-refractivity contribution < 1.29 is 9.53 Å². The standard InChI is InChI=1S/C22H30N2O2/c23-16-10-2-1-9-15-21(17-19-11-5-3-6-12-19)24-22(25)26-18-20-13-7-4-8-14-20/h3-8,11-14,21H,1-2,9-10,15-18,23H2,(H,24,25). The van der Waals surface area contributed by atoms with Crippen molar-refractivity contribution in [2.24, 2.45) is 5.73 Å². The molecule has 0 heterocycles. The lowest BCUT2D eigenvalue weighted by atomic mass is 10.00. The van der Waals surface area contributed by atoms with Gasteiger partial charge in [0, 0.05) is 6.04 Å². The van der Waals surface area contributed by atoms with Gasteiger partial charge in [0.15, 0.2) is 0 Å². The largest absolute Gasteiger partial charge is 0.445 e. The number of amides is 1. The second kappa shape index (κ2) is 12.1. The van der Waals surface area contributed by atoms with E-state index in [0.717, 1.165) is 50.6 Å². The summed E-state index contributed by atoms with van der Waals surface area (Å²) in [4.78, 5) is 12.2. The number of carbonyl (C=O) groups is 1. The quantitative estimate of drug-likeness (QED) is 0.587. The Morgan fingerprint density at radius 1 is 0.885 bits per heavy atom. The van der Waals surface area contributed by atoms with Crippen molar-refractivity contribution in [1.82, 2.24) is 5.32 Å². The smallest absolute Gasteiger partial charge is 0.407 e. The number of alkyl carbamates (subject to hydrolysis) is 1. The second-order valence-corrected chi connectivity index (χ2v) is 6.58. The summed E-state index contributed by atoms with van der Waals surface area (Å²) in [5, 5.41) is 3.04. The number of carbonyl (C=O) groups excluding carboxylic acids is 1. The molecule has 1 atom stereocenters. The van der Waals surface area contributed by atoms with Crippen LogP contribution in [0.4, 0.5) is 4.79 Å². The molecular weight excluding hydrogens is 324 g/mol. The van der Waals surface area contributed by atoms with Crippen molar-refractivity contribution in [3.05, 3.63) is 71.8 Å². The number of nitrogens with one attached hydrogen (secondary N) is 1. The van der Waals surface area contributed by atoms with Gasteiger partial charge in [-0.3, -0.25) is 0 Å². The summed E-state index contributed by atoms with van der Waals surface area (Å²) in [7, 11) is 0. The van der Waals surface area contributed by atoms with Crippen LogP contribution in [0, 0.1) is 0 Å². The average Bonchev–Trinajstić information content (AvgIpc) is 2.68. The number of unbranched alkanes of at least 4 members (excludes halogenated alkanes) is 3. The van der Waals surface area contributed by atoms with Crippen LogP contribution in [0.5, 0.6) is 0 Å². The minimum absolute atomic E-state index is 0.0820. The van der Waals surface area contributed by atoms with E-state index >= 15 is 0 Å². The molecule has 4 nitrogen and oxygen atoms in total. The van der Waals surface area contributed by atoms with E-state index in [0.29, 0.717) is 6.61 Å². The summed E-state index contributed by atoms with van der Waals surface area (Å²) >= 11 is 0. The average molecular weight is 354 g/mol. The SMILES string of the molecule is NCCCCCCC(Cc1ccccc1)NC(=O)OCc1ccccc1. The van der Waals surface area contributed by atoms with Crippen molar-refractivity contribution in [3.8, 4) is 0 Å². The third-order valence-corrected chi connectivity index (χ3v) is 4.37. The van der Waals surface area contributed by atoms with Gasteiger partial charge in [0.1, 0.15) is 6.61 Å². The molecule has 1 unspecified atom stereocenters. The molecule has 0 aliphatic carbocycles. The van der Waals surface area contributed by atoms with E-state index < -0.39 is 0 Å². The van der Waals surface area contributed by atoms with Gasteiger partial charge in [0.2, 0.25) is 0 Å². The lowest BCUT2D eigenvalue weighted by Gasteiger charge is -2.19. The Morgan fingerprint density at radius 2 is 1.50 bits per heavy atom. The van der Waals surface area contributed by atoms with Gasteiger partial charge in [-0.05, 0) is 36.9 Å². The zero-order valence-electron chi connectivity index (χ0n) is 15.4. The molecule has 0 spiro atoms. The fourth-order valence-electron chi connectivity index (χ4n) is 2.94. The molecule has 0 aromatic heterocycles. The van der Waals surface area contributed by atoms with Gasteiger partial charge < -0.3 is 15.8 Å². The van der Waals surface area contributed by atoms with Gasteiger partial charge in [-0.2, -0.15) is 0 Å². The van der Waals surface area contributed by atoms with Crippen LogP contribution in [0.2, 0.25) is 0 Å². The highest BCUT2D eigenvalue weighted by Crippen LogP contribution is 2.11. The molecule has 3 N–H and O–H groups in total. The highest BCUT2D eigenvalue weighted by atomic mass is 16.5. The molecule has 2 rings (SSSR count). The summed E-state index contributed by atoms with van der Waals surface area (Å²) < 4.78 is 5.37. The van der Waals surface area contributed by atoms with E-state index in [-0.39, 0.29) is 12.1 Å². The van der Waals surface area contributed by atoms with Crippen molar-refractivity contribution in [2.75, 3.05) is 6.54 Å². The first-order chi connectivity index (χ1) is 12.8. The van der Waals surface area contributed by atoms with E-state index in [1.807, 2.05) is 48.5 Å². The highest BCUT2D eigenvalue weighted by Gasteiger charge is 2.14. The number of hydrogen-bond donors (Lipinski definition) is 2. The Hall–Kier alpha value is -2.33. The summed E-state index contributed by atoms with van der Waals surface area (Å²) in [5.41, 5.74) is 7.76. The summed E-state index contributed by atoms with van der Waals surface area (Å²) in [5.74, 6) is 0. The molecular formula is C22H30N2O2. The maximum absolute atomic E-state index is 12.2. The molecule has 0 fully saturated rings. The number of hydrogen-bond acceptors (Lipinski definition) is 3. The maximum Gasteiger partial charge on any atom is 0.407 e. The number of nitrogens with two attached hydrogens (primary N) is 1. The normalized spacial score (nSPS) is 11.7. The van der Waals surface area contributed by atoms with Crippen LogP contribution >= 0.6 is 0 Å². The molecule has 0 radical (unpaired) electrons. The maximum atomic E-state index is 12.2. The van der Waals surface area contributed by atoms with E-state index in [2.05, 4.69) is 17.4 Å². The fraction of sp³-hybridized carbons (Fsp3) is 0.409. The first kappa shape index (κ1) is 20.0. The van der Waals surface area contributed by atoms with Crippen LogP contribution in [0.25, 0.3) is 0 Å². The predicted molar refractivity (Wildman–Crippen MR) is 106 cm³/mol. The van der Waals surface area contributed by atoms with Gasteiger partial charge in [-0.25, -0.2) is 4.79 Å². The van der Waals surface area contributed by atoms with E-state index in [1.54, 1.807) is 0 Å². The second-order valence-electron chi connectivity index (χ2n) is 6.58. The van der Waals surface area contributed by atoms with Crippen LogP contribution < -0.4 is 11.1 Å².